The minimum Gasteiger partial charge on any atom is -0.283 e. The van der Waals surface area contributed by atoms with Gasteiger partial charge in [0.05, 0.1) is 11.1 Å². The van der Waals surface area contributed by atoms with Crippen molar-refractivity contribution >= 4 is 44.5 Å². The van der Waals surface area contributed by atoms with Gasteiger partial charge in [-0.15, -0.1) is 0 Å². The van der Waals surface area contributed by atoms with Gasteiger partial charge in [0.2, 0.25) is 11.6 Å². The number of benzene rings is 4. The molecule has 3 nitrogen and oxygen atoms in total. The van der Waals surface area contributed by atoms with Gasteiger partial charge in [-0.05, 0) is 59.2 Å². The zero-order chi connectivity index (χ0) is 30.0. The second kappa shape index (κ2) is 9.66. The average molecular weight is 554 g/mol. The Morgan fingerprint density at radius 2 is 1.33 bits per heavy atom. The maximum absolute atomic E-state index is 13.9. The van der Waals surface area contributed by atoms with Crippen molar-refractivity contribution in [3.8, 4) is 0 Å². The van der Waals surface area contributed by atoms with Crippen LogP contribution in [0.3, 0.4) is 0 Å². The van der Waals surface area contributed by atoms with Crippen LogP contribution >= 0.6 is 0 Å². The number of allylic oxidation sites excluding steroid dienone is 6. The van der Waals surface area contributed by atoms with E-state index >= 15 is 0 Å². The highest BCUT2D eigenvalue weighted by Crippen LogP contribution is 2.52. The van der Waals surface area contributed by atoms with Crippen LogP contribution in [0.2, 0.25) is 0 Å². The maximum atomic E-state index is 13.9. The fraction of sp³-hybridized carbons (Fsp3) is 0.282. The van der Waals surface area contributed by atoms with Crippen LogP contribution in [-0.2, 0) is 15.6 Å². The van der Waals surface area contributed by atoms with Gasteiger partial charge >= 0.3 is 0 Å². The number of rotatable bonds is 3. The van der Waals surface area contributed by atoms with Crippen molar-refractivity contribution in [3.05, 3.63) is 120 Å². The molecule has 0 fully saturated rings. The molecule has 1 amide bonds. The van der Waals surface area contributed by atoms with Crippen LogP contribution < -0.4 is 4.90 Å². The Labute approximate surface area is 250 Å². The average Bonchev–Trinajstić information content (AvgIpc) is 3.30. The van der Waals surface area contributed by atoms with E-state index < -0.39 is 5.41 Å². The van der Waals surface area contributed by atoms with E-state index in [2.05, 4.69) is 142 Å². The van der Waals surface area contributed by atoms with E-state index in [0.717, 1.165) is 11.4 Å². The molecule has 0 aliphatic carbocycles. The lowest BCUT2D eigenvalue weighted by Gasteiger charge is -2.30. The fourth-order valence-electron chi connectivity index (χ4n) is 7.03. The molecule has 42 heavy (non-hydrogen) atoms. The van der Waals surface area contributed by atoms with Crippen LogP contribution in [0.5, 0.6) is 0 Å². The largest absolute Gasteiger partial charge is 0.283 e. The Bertz CT molecular complexity index is 1890. The summed E-state index contributed by atoms with van der Waals surface area (Å²) in [6, 6.07) is 25.8. The molecule has 0 unspecified atom stereocenters. The summed E-state index contributed by atoms with van der Waals surface area (Å²) in [5, 5.41) is 4.99. The smallest absolute Gasteiger partial charge is 0.236 e. The second-order valence-corrected chi connectivity index (χ2v) is 13.7. The normalized spacial score (nSPS) is 18.7. The summed E-state index contributed by atoms with van der Waals surface area (Å²) in [5.74, 6) is 0.106. The first kappa shape index (κ1) is 27.9. The molecule has 0 aromatic heterocycles. The predicted octanol–water partition coefficient (Wildman–Crippen LogP) is 9.37. The molecule has 0 bridgehead atoms. The Balaban J connectivity index is 1.37. The summed E-state index contributed by atoms with van der Waals surface area (Å²) in [7, 11) is 2.16. The lowest BCUT2D eigenvalue weighted by atomic mass is 9.79. The maximum Gasteiger partial charge on any atom is 0.236 e. The molecular weight excluding hydrogens is 512 g/mol. The zero-order valence-corrected chi connectivity index (χ0v) is 26.1. The van der Waals surface area contributed by atoms with Crippen LogP contribution in [0.15, 0.2) is 109 Å². The van der Waals surface area contributed by atoms with E-state index in [4.69, 9.17) is 0 Å². The van der Waals surface area contributed by atoms with Crippen molar-refractivity contribution in [3.63, 3.8) is 0 Å². The molecule has 0 radical (unpaired) electrons. The summed E-state index contributed by atoms with van der Waals surface area (Å²) < 4.78 is 2.32. The molecule has 2 aliphatic rings. The molecule has 4 aromatic rings. The molecule has 0 saturated heterocycles. The van der Waals surface area contributed by atoms with Crippen molar-refractivity contribution in [2.75, 3.05) is 11.9 Å². The van der Waals surface area contributed by atoms with Gasteiger partial charge in [0, 0.05) is 34.2 Å². The van der Waals surface area contributed by atoms with Crippen molar-refractivity contribution < 1.29 is 9.37 Å². The monoisotopic (exact) mass is 553 g/mol. The highest BCUT2D eigenvalue weighted by Gasteiger charge is 2.46. The van der Waals surface area contributed by atoms with Crippen LogP contribution in [0.1, 0.15) is 59.6 Å². The van der Waals surface area contributed by atoms with E-state index in [-0.39, 0.29) is 16.7 Å². The first-order valence-electron chi connectivity index (χ1n) is 14.9. The van der Waals surface area contributed by atoms with Crippen molar-refractivity contribution in [2.45, 2.75) is 59.3 Å². The van der Waals surface area contributed by atoms with E-state index in [1.165, 1.54) is 44.1 Å². The lowest BCUT2D eigenvalue weighted by Crippen LogP contribution is -2.39. The number of amides is 1. The van der Waals surface area contributed by atoms with Crippen LogP contribution in [0, 0.1) is 5.41 Å². The molecule has 2 aliphatic heterocycles. The molecule has 3 heteroatoms. The second-order valence-electron chi connectivity index (χ2n) is 13.7. The van der Waals surface area contributed by atoms with Crippen LogP contribution in [0.4, 0.5) is 11.4 Å². The topological polar surface area (TPSA) is 23.3 Å². The van der Waals surface area contributed by atoms with Gasteiger partial charge in [-0.3, -0.25) is 9.69 Å². The van der Waals surface area contributed by atoms with Gasteiger partial charge in [-0.2, -0.15) is 4.58 Å². The summed E-state index contributed by atoms with van der Waals surface area (Å²) >= 11 is 0. The van der Waals surface area contributed by atoms with E-state index in [9.17, 15) is 4.79 Å². The van der Waals surface area contributed by atoms with Gasteiger partial charge in [0.25, 0.3) is 0 Å². The number of hydrogen-bond donors (Lipinski definition) is 0. The quantitative estimate of drug-likeness (QED) is 0.183. The number of hydrogen-bond acceptors (Lipinski definition) is 1. The van der Waals surface area contributed by atoms with Gasteiger partial charge in [-0.25, -0.2) is 0 Å². The Morgan fingerprint density at radius 1 is 0.738 bits per heavy atom. The third kappa shape index (κ3) is 4.17. The predicted molar refractivity (Wildman–Crippen MR) is 178 cm³/mol. The minimum atomic E-state index is -0.513. The standard InChI is InChI=1S/C39H41N2O/c1-37(2,3)36(42)41-31-25-23-27-17-13-15-19-29(27)35(31)39(6,7)33(41)21-11-9-10-20-32-38(4,5)34-28-18-14-12-16-26(28)22-24-30(34)40(32)8/h9-25H,1-8H3/q+1. The molecule has 2 heterocycles. The van der Waals surface area contributed by atoms with E-state index in [1.54, 1.807) is 0 Å². The fourth-order valence-corrected chi connectivity index (χ4v) is 7.03. The first-order valence-corrected chi connectivity index (χ1v) is 14.9. The van der Waals surface area contributed by atoms with E-state index in [0.29, 0.717) is 0 Å². The number of fused-ring (bicyclic) bond motifs is 6. The molecule has 0 saturated carbocycles. The number of anilines is 1. The van der Waals surface area contributed by atoms with Gasteiger partial charge in [0.15, 0.2) is 5.71 Å². The first-order chi connectivity index (χ1) is 19.8. The van der Waals surface area contributed by atoms with Crippen LogP contribution in [-0.4, -0.2) is 23.2 Å². The molecule has 0 atom stereocenters. The molecule has 6 rings (SSSR count). The van der Waals surface area contributed by atoms with Crippen molar-refractivity contribution in [2.24, 2.45) is 5.41 Å². The molecule has 212 valence electrons. The van der Waals surface area contributed by atoms with Crippen molar-refractivity contribution in [1.29, 1.82) is 0 Å². The molecular formula is C39H41N2O+. The van der Waals surface area contributed by atoms with E-state index in [1.807, 2.05) is 25.7 Å². The van der Waals surface area contributed by atoms with Crippen molar-refractivity contribution in [1.82, 2.24) is 0 Å². The highest BCUT2D eigenvalue weighted by atomic mass is 16.2. The van der Waals surface area contributed by atoms with Crippen LogP contribution in [0.25, 0.3) is 21.5 Å². The van der Waals surface area contributed by atoms with Gasteiger partial charge < -0.3 is 0 Å². The number of nitrogens with zero attached hydrogens (tertiary/aromatic N) is 2. The minimum absolute atomic E-state index is 0.106. The molecule has 4 aromatic carbocycles. The number of carbonyl (C=O) groups excluding carboxylic acids is 1. The Morgan fingerprint density at radius 3 is 1.98 bits per heavy atom. The summed E-state index contributed by atoms with van der Waals surface area (Å²) in [4.78, 5) is 15.8. The Kier molecular flexibility index (Phi) is 6.42. The summed E-state index contributed by atoms with van der Waals surface area (Å²) in [6.07, 6.45) is 10.6. The van der Waals surface area contributed by atoms with Gasteiger partial charge in [-0.1, -0.05) is 107 Å². The molecule has 0 spiro atoms. The lowest BCUT2D eigenvalue weighted by molar-refractivity contribution is -0.401. The SMILES string of the molecule is C[N+]1=C(/C=C/C=C/C=C2/N(C(=O)C(C)(C)C)c3ccc4ccccc4c3C2(C)C)C(C)(C)c2c1ccc1ccccc21. The zero-order valence-electron chi connectivity index (χ0n) is 26.1. The summed E-state index contributed by atoms with van der Waals surface area (Å²) in [6.45, 7) is 15.1. The summed E-state index contributed by atoms with van der Waals surface area (Å²) in [5.41, 5.74) is 6.13. The third-order valence-corrected chi connectivity index (χ3v) is 9.12. The molecule has 0 N–H and O–H groups in total. The number of carbonyl (C=O) groups is 1. The third-order valence-electron chi connectivity index (χ3n) is 9.12. The Hall–Kier alpha value is -4.24. The van der Waals surface area contributed by atoms with Gasteiger partial charge in [0.1, 0.15) is 7.05 Å². The highest BCUT2D eigenvalue weighted by molar-refractivity contribution is 6.08.